The molecule has 0 aliphatic heterocycles. The lowest BCUT2D eigenvalue weighted by Crippen LogP contribution is -2.33. The second kappa shape index (κ2) is 7.57. The first-order chi connectivity index (χ1) is 10.6. The van der Waals surface area contributed by atoms with Gasteiger partial charge in [-0.2, -0.15) is 0 Å². The summed E-state index contributed by atoms with van der Waals surface area (Å²) in [7, 11) is 0. The maximum atomic E-state index is 12.6. The van der Waals surface area contributed by atoms with E-state index in [2.05, 4.69) is 26.0 Å². The van der Waals surface area contributed by atoms with E-state index in [1.807, 2.05) is 6.07 Å². The van der Waals surface area contributed by atoms with Crippen molar-refractivity contribution >= 4 is 11.8 Å². The molecule has 3 heteroatoms. The van der Waals surface area contributed by atoms with Crippen LogP contribution in [0.25, 0.3) is 0 Å². The van der Waals surface area contributed by atoms with Crippen LogP contribution in [0.2, 0.25) is 0 Å². The van der Waals surface area contributed by atoms with Gasteiger partial charge in [0.25, 0.3) is 0 Å². The minimum Gasteiger partial charge on any atom is -0.481 e. The van der Waals surface area contributed by atoms with Crippen LogP contribution in [0.1, 0.15) is 56.2 Å². The molecule has 3 nitrogen and oxygen atoms in total. The normalized spacial score (nSPS) is 21.5. The number of rotatable bonds is 6. The molecule has 1 aliphatic carbocycles. The summed E-state index contributed by atoms with van der Waals surface area (Å²) in [4.78, 5) is 24.0. The fraction of sp³-hybridized carbons (Fsp3) is 0.579. The lowest BCUT2D eigenvalue weighted by atomic mass is 9.75. The second-order valence-electron chi connectivity index (χ2n) is 6.29. The number of carbonyl (C=O) groups is 2. The molecular weight excluding hydrogens is 276 g/mol. The van der Waals surface area contributed by atoms with Crippen LogP contribution in [0.15, 0.2) is 18.2 Å². The zero-order chi connectivity index (χ0) is 16.1. The van der Waals surface area contributed by atoms with E-state index in [4.69, 9.17) is 0 Å². The number of carbonyl (C=O) groups excluding carboxylic acids is 1. The Morgan fingerprint density at radius 1 is 1.05 bits per heavy atom. The summed E-state index contributed by atoms with van der Waals surface area (Å²) in [5, 5.41) is 9.34. The molecule has 0 bridgehead atoms. The quantitative estimate of drug-likeness (QED) is 0.869. The van der Waals surface area contributed by atoms with E-state index >= 15 is 0 Å². The van der Waals surface area contributed by atoms with Crippen molar-refractivity contribution in [2.24, 2.45) is 11.8 Å². The van der Waals surface area contributed by atoms with Gasteiger partial charge in [-0.3, -0.25) is 9.59 Å². The Bertz CT molecular complexity index is 548. The largest absolute Gasteiger partial charge is 0.481 e. The number of benzene rings is 1. The van der Waals surface area contributed by atoms with Gasteiger partial charge >= 0.3 is 5.97 Å². The van der Waals surface area contributed by atoms with Gasteiger partial charge in [0.05, 0.1) is 5.92 Å². The Morgan fingerprint density at radius 3 is 2.32 bits per heavy atom. The number of aliphatic carboxylic acids is 1. The maximum absolute atomic E-state index is 12.6. The molecule has 2 atom stereocenters. The molecule has 0 spiro atoms. The SMILES string of the molecule is CCc1ccc(CC(=O)C2CCCCC2C(=O)O)c(CC)c1. The van der Waals surface area contributed by atoms with Gasteiger partial charge in [0, 0.05) is 12.3 Å². The van der Waals surface area contributed by atoms with Crippen molar-refractivity contribution in [1.29, 1.82) is 0 Å². The molecule has 1 fully saturated rings. The first kappa shape index (κ1) is 16.7. The van der Waals surface area contributed by atoms with E-state index in [9.17, 15) is 14.7 Å². The molecule has 2 rings (SSSR count). The fourth-order valence-corrected chi connectivity index (χ4v) is 3.53. The van der Waals surface area contributed by atoms with Crippen molar-refractivity contribution in [3.8, 4) is 0 Å². The third-order valence-corrected chi connectivity index (χ3v) is 4.92. The molecule has 0 saturated heterocycles. The van der Waals surface area contributed by atoms with E-state index < -0.39 is 11.9 Å². The monoisotopic (exact) mass is 302 g/mol. The molecule has 1 N–H and O–H groups in total. The smallest absolute Gasteiger partial charge is 0.307 e. The van der Waals surface area contributed by atoms with E-state index in [1.165, 1.54) is 11.1 Å². The Kier molecular flexibility index (Phi) is 5.76. The lowest BCUT2D eigenvalue weighted by Gasteiger charge is -2.27. The summed E-state index contributed by atoms with van der Waals surface area (Å²) in [6.45, 7) is 4.22. The van der Waals surface area contributed by atoms with Gasteiger partial charge in [0.15, 0.2) is 0 Å². The van der Waals surface area contributed by atoms with Crippen molar-refractivity contribution in [3.63, 3.8) is 0 Å². The van der Waals surface area contributed by atoms with E-state index in [0.717, 1.165) is 37.7 Å². The van der Waals surface area contributed by atoms with Crippen LogP contribution in [-0.2, 0) is 28.9 Å². The van der Waals surface area contributed by atoms with Gasteiger partial charge in [-0.25, -0.2) is 0 Å². The number of carboxylic acid groups (broad SMARTS) is 1. The molecular formula is C19H26O3. The molecule has 1 aromatic carbocycles. The number of Topliss-reactive ketones (excluding diaryl/α,β-unsaturated/α-hetero) is 1. The summed E-state index contributed by atoms with van der Waals surface area (Å²) in [6.07, 6.45) is 5.53. The first-order valence-corrected chi connectivity index (χ1v) is 8.43. The van der Waals surface area contributed by atoms with E-state index in [1.54, 1.807) is 0 Å². The van der Waals surface area contributed by atoms with Crippen LogP contribution in [0.5, 0.6) is 0 Å². The molecule has 1 saturated carbocycles. The molecule has 1 aliphatic rings. The van der Waals surface area contributed by atoms with Crippen LogP contribution in [0.4, 0.5) is 0 Å². The second-order valence-corrected chi connectivity index (χ2v) is 6.29. The minimum atomic E-state index is -0.810. The molecule has 2 unspecified atom stereocenters. The summed E-state index contributed by atoms with van der Waals surface area (Å²) in [6, 6.07) is 6.31. The van der Waals surface area contributed by atoms with Crippen molar-refractivity contribution in [1.82, 2.24) is 0 Å². The van der Waals surface area contributed by atoms with E-state index in [0.29, 0.717) is 12.8 Å². The van der Waals surface area contributed by atoms with Crippen LogP contribution in [0, 0.1) is 11.8 Å². The van der Waals surface area contributed by atoms with Crippen LogP contribution in [0.3, 0.4) is 0 Å². The highest BCUT2D eigenvalue weighted by atomic mass is 16.4. The molecule has 0 heterocycles. The van der Waals surface area contributed by atoms with Gasteiger partial charge in [-0.15, -0.1) is 0 Å². The fourth-order valence-electron chi connectivity index (χ4n) is 3.53. The maximum Gasteiger partial charge on any atom is 0.307 e. The highest BCUT2D eigenvalue weighted by molar-refractivity contribution is 5.88. The zero-order valence-electron chi connectivity index (χ0n) is 13.6. The topological polar surface area (TPSA) is 54.4 Å². The van der Waals surface area contributed by atoms with Crippen molar-refractivity contribution < 1.29 is 14.7 Å². The van der Waals surface area contributed by atoms with Gasteiger partial charge in [-0.1, -0.05) is 44.9 Å². The number of hydrogen-bond donors (Lipinski definition) is 1. The zero-order valence-corrected chi connectivity index (χ0v) is 13.6. The van der Waals surface area contributed by atoms with Crippen molar-refractivity contribution in [2.75, 3.05) is 0 Å². The third-order valence-electron chi connectivity index (χ3n) is 4.92. The average Bonchev–Trinajstić information content (AvgIpc) is 2.55. The Balaban J connectivity index is 2.15. The molecule has 0 aromatic heterocycles. The number of hydrogen-bond acceptors (Lipinski definition) is 2. The Hall–Kier alpha value is -1.64. The highest BCUT2D eigenvalue weighted by Gasteiger charge is 2.35. The number of carboxylic acids is 1. The van der Waals surface area contributed by atoms with E-state index in [-0.39, 0.29) is 11.7 Å². The van der Waals surface area contributed by atoms with Gasteiger partial charge in [-0.05, 0) is 42.4 Å². The number of ketones is 1. The Morgan fingerprint density at radius 2 is 1.73 bits per heavy atom. The van der Waals surface area contributed by atoms with Crippen LogP contribution in [-0.4, -0.2) is 16.9 Å². The summed E-state index contributed by atoms with van der Waals surface area (Å²) in [5.74, 6) is -1.50. The van der Waals surface area contributed by atoms with Crippen molar-refractivity contribution in [2.45, 2.75) is 58.8 Å². The Labute approximate surface area is 132 Å². The predicted molar refractivity (Wildman–Crippen MR) is 87.0 cm³/mol. The molecule has 120 valence electrons. The predicted octanol–water partition coefficient (Wildman–Crippen LogP) is 3.81. The van der Waals surface area contributed by atoms with Crippen LogP contribution >= 0.6 is 0 Å². The van der Waals surface area contributed by atoms with Gasteiger partial charge in [0.1, 0.15) is 5.78 Å². The van der Waals surface area contributed by atoms with Crippen LogP contribution < -0.4 is 0 Å². The van der Waals surface area contributed by atoms with Gasteiger partial charge in [0.2, 0.25) is 0 Å². The molecule has 0 amide bonds. The summed E-state index contributed by atoms with van der Waals surface area (Å²) >= 11 is 0. The average molecular weight is 302 g/mol. The minimum absolute atomic E-state index is 0.103. The highest BCUT2D eigenvalue weighted by Crippen LogP contribution is 2.32. The summed E-state index contributed by atoms with van der Waals surface area (Å²) in [5.41, 5.74) is 3.57. The lowest BCUT2D eigenvalue weighted by molar-refractivity contribution is -0.148. The van der Waals surface area contributed by atoms with Crippen molar-refractivity contribution in [3.05, 3.63) is 34.9 Å². The molecule has 22 heavy (non-hydrogen) atoms. The van der Waals surface area contributed by atoms with Gasteiger partial charge < -0.3 is 5.11 Å². The summed E-state index contributed by atoms with van der Waals surface area (Å²) < 4.78 is 0. The number of aryl methyl sites for hydroxylation is 2. The standard InChI is InChI=1S/C19H26O3/c1-3-13-9-10-15(14(4-2)11-13)12-18(20)16-7-5-6-8-17(16)19(21)22/h9-11,16-17H,3-8,12H2,1-2H3,(H,21,22). The molecule has 0 radical (unpaired) electrons. The molecule has 1 aromatic rings. The third kappa shape index (κ3) is 3.76. The first-order valence-electron chi connectivity index (χ1n) is 8.43.